The highest BCUT2D eigenvalue weighted by atomic mass is 32.2. The van der Waals surface area contributed by atoms with Crippen molar-refractivity contribution in [3.8, 4) is 11.5 Å². The van der Waals surface area contributed by atoms with Crippen molar-refractivity contribution in [3.63, 3.8) is 0 Å². The van der Waals surface area contributed by atoms with E-state index in [2.05, 4.69) is 24.1 Å². The Morgan fingerprint density at radius 2 is 1.94 bits per heavy atom. The standard InChI is InChI=1S/C23H29N3O4S2/c1-5-29-18-8-7-16(11-19(18)30-6-2)22(15(3)4)25-20(27)14-31-13-17-12-21(28)26-9-10-32-23(26)24-17/h7-12,15,22H,5-6,13-14H2,1-4H3,(H,25,27). The zero-order valence-corrected chi connectivity index (χ0v) is 20.4. The fraction of sp³-hybridized carbons (Fsp3) is 0.435. The van der Waals surface area contributed by atoms with Gasteiger partial charge in [-0.3, -0.25) is 14.0 Å². The smallest absolute Gasteiger partial charge is 0.258 e. The quantitative estimate of drug-likeness (QED) is 0.445. The SMILES string of the molecule is CCOc1ccc(C(NC(=O)CSCc2cc(=O)n3ccsc3n2)C(C)C)cc1OCC. The molecule has 1 N–H and O–H groups in total. The van der Waals surface area contributed by atoms with Gasteiger partial charge in [0.15, 0.2) is 16.5 Å². The van der Waals surface area contributed by atoms with Crippen LogP contribution in [-0.4, -0.2) is 34.3 Å². The Hall–Kier alpha value is -2.52. The van der Waals surface area contributed by atoms with Crippen molar-refractivity contribution in [2.45, 2.75) is 39.5 Å². The Labute approximate surface area is 196 Å². The van der Waals surface area contributed by atoms with Crippen LogP contribution in [-0.2, 0) is 10.5 Å². The number of thiazole rings is 1. The molecule has 3 aromatic rings. The highest BCUT2D eigenvalue weighted by Gasteiger charge is 2.20. The van der Waals surface area contributed by atoms with Crippen LogP contribution < -0.4 is 20.3 Å². The second-order valence-corrected chi connectivity index (χ2v) is 9.35. The minimum Gasteiger partial charge on any atom is -0.490 e. The predicted molar refractivity (Wildman–Crippen MR) is 130 cm³/mol. The van der Waals surface area contributed by atoms with E-state index < -0.39 is 0 Å². The van der Waals surface area contributed by atoms with Gasteiger partial charge >= 0.3 is 0 Å². The van der Waals surface area contributed by atoms with Gasteiger partial charge in [0.1, 0.15) is 0 Å². The fourth-order valence-electron chi connectivity index (χ4n) is 3.32. The second kappa shape index (κ2) is 11.4. The molecule has 0 bridgehead atoms. The molecule has 1 aromatic carbocycles. The van der Waals surface area contributed by atoms with Crippen LogP contribution in [0, 0.1) is 5.92 Å². The number of fused-ring (bicyclic) bond motifs is 1. The van der Waals surface area contributed by atoms with Crippen molar-refractivity contribution in [2.24, 2.45) is 5.92 Å². The molecule has 0 aliphatic carbocycles. The van der Waals surface area contributed by atoms with E-state index >= 15 is 0 Å². The molecule has 2 heterocycles. The lowest BCUT2D eigenvalue weighted by molar-refractivity contribution is -0.119. The molecule has 32 heavy (non-hydrogen) atoms. The molecular weight excluding hydrogens is 446 g/mol. The highest BCUT2D eigenvalue weighted by Crippen LogP contribution is 2.33. The average molecular weight is 476 g/mol. The van der Waals surface area contributed by atoms with Crippen molar-refractivity contribution in [1.29, 1.82) is 0 Å². The molecule has 0 saturated heterocycles. The van der Waals surface area contributed by atoms with Gasteiger partial charge < -0.3 is 14.8 Å². The number of carbonyl (C=O) groups is 1. The molecule has 3 rings (SSSR count). The van der Waals surface area contributed by atoms with E-state index in [1.807, 2.05) is 37.4 Å². The minimum atomic E-state index is -0.150. The first kappa shape index (κ1) is 24.1. The molecule has 0 aliphatic rings. The molecular formula is C23H29N3O4S2. The number of nitrogens with one attached hydrogen (secondary N) is 1. The van der Waals surface area contributed by atoms with Crippen molar-refractivity contribution in [1.82, 2.24) is 14.7 Å². The molecule has 0 radical (unpaired) electrons. The summed E-state index contributed by atoms with van der Waals surface area (Å²) in [5, 5.41) is 4.97. The third-order valence-corrected chi connectivity index (χ3v) is 6.47. The summed E-state index contributed by atoms with van der Waals surface area (Å²) in [7, 11) is 0. The molecule has 2 aromatic heterocycles. The molecule has 0 spiro atoms. The summed E-state index contributed by atoms with van der Waals surface area (Å²) in [5.74, 6) is 2.30. The maximum Gasteiger partial charge on any atom is 0.258 e. The third-order valence-electron chi connectivity index (χ3n) is 4.75. The number of carbonyl (C=O) groups excluding carboxylic acids is 1. The van der Waals surface area contributed by atoms with E-state index in [4.69, 9.17) is 9.47 Å². The van der Waals surface area contributed by atoms with E-state index in [9.17, 15) is 9.59 Å². The van der Waals surface area contributed by atoms with E-state index in [0.717, 1.165) is 5.56 Å². The molecule has 0 fully saturated rings. The van der Waals surface area contributed by atoms with Crippen molar-refractivity contribution < 1.29 is 14.3 Å². The number of thioether (sulfide) groups is 1. The van der Waals surface area contributed by atoms with Crippen molar-refractivity contribution in [3.05, 3.63) is 57.5 Å². The second-order valence-electron chi connectivity index (χ2n) is 7.50. The van der Waals surface area contributed by atoms with E-state index in [1.165, 1.54) is 33.6 Å². The zero-order chi connectivity index (χ0) is 23.1. The van der Waals surface area contributed by atoms with Crippen LogP contribution in [0.4, 0.5) is 0 Å². The van der Waals surface area contributed by atoms with Gasteiger partial charge in [-0.1, -0.05) is 19.9 Å². The summed E-state index contributed by atoms with van der Waals surface area (Å²) in [6, 6.07) is 7.18. The Bertz CT molecular complexity index is 1110. The van der Waals surface area contributed by atoms with Crippen molar-refractivity contribution in [2.75, 3.05) is 19.0 Å². The van der Waals surface area contributed by atoms with Gasteiger partial charge in [-0.25, -0.2) is 4.98 Å². The number of benzene rings is 1. The normalized spacial score (nSPS) is 12.2. The number of ether oxygens (including phenoxy) is 2. The number of hydrogen-bond acceptors (Lipinski definition) is 7. The molecule has 1 unspecified atom stereocenters. The third kappa shape index (κ3) is 6.04. The van der Waals surface area contributed by atoms with Crippen LogP contribution in [0.5, 0.6) is 11.5 Å². The molecule has 0 aliphatic heterocycles. The van der Waals surface area contributed by atoms with Crippen LogP contribution in [0.2, 0.25) is 0 Å². The number of rotatable bonds is 11. The first-order valence-electron chi connectivity index (χ1n) is 10.6. The molecule has 1 atom stereocenters. The summed E-state index contributed by atoms with van der Waals surface area (Å²) in [4.78, 5) is 29.9. The molecule has 7 nitrogen and oxygen atoms in total. The summed E-state index contributed by atoms with van der Waals surface area (Å²) in [5.41, 5.74) is 1.56. The number of hydrogen-bond donors (Lipinski definition) is 1. The van der Waals surface area contributed by atoms with E-state index in [1.54, 1.807) is 6.20 Å². The Kier molecular flexibility index (Phi) is 8.58. The van der Waals surface area contributed by atoms with Crippen molar-refractivity contribution >= 4 is 34.0 Å². The maximum atomic E-state index is 12.7. The lowest BCUT2D eigenvalue weighted by atomic mass is 9.95. The van der Waals surface area contributed by atoms with Gasteiger partial charge in [-0.15, -0.1) is 23.1 Å². The van der Waals surface area contributed by atoms with Gasteiger partial charge in [0.25, 0.3) is 5.56 Å². The molecule has 172 valence electrons. The summed E-state index contributed by atoms with van der Waals surface area (Å²) < 4.78 is 12.9. The van der Waals surface area contributed by atoms with E-state index in [-0.39, 0.29) is 29.2 Å². The lowest BCUT2D eigenvalue weighted by Crippen LogP contribution is -2.33. The van der Waals surface area contributed by atoms with E-state index in [0.29, 0.717) is 41.1 Å². The molecule has 9 heteroatoms. The largest absolute Gasteiger partial charge is 0.490 e. The first-order chi connectivity index (χ1) is 15.4. The Morgan fingerprint density at radius 3 is 2.66 bits per heavy atom. The molecule has 0 saturated carbocycles. The van der Waals surface area contributed by atoms with Crippen LogP contribution >= 0.6 is 23.1 Å². The summed E-state index contributed by atoms with van der Waals surface area (Å²) >= 11 is 2.86. The van der Waals surface area contributed by atoms with Gasteiger partial charge in [-0.2, -0.15) is 0 Å². The highest BCUT2D eigenvalue weighted by molar-refractivity contribution is 7.99. The first-order valence-corrected chi connectivity index (χ1v) is 12.7. The monoisotopic (exact) mass is 475 g/mol. The minimum absolute atomic E-state index is 0.0607. The number of aromatic nitrogens is 2. The van der Waals surface area contributed by atoms with Crippen LogP contribution in [0.3, 0.4) is 0 Å². The Morgan fingerprint density at radius 1 is 1.19 bits per heavy atom. The predicted octanol–water partition coefficient (Wildman–Crippen LogP) is 4.30. The zero-order valence-electron chi connectivity index (χ0n) is 18.8. The fourth-order valence-corrected chi connectivity index (χ4v) is 4.79. The van der Waals surface area contributed by atoms with Crippen LogP contribution in [0.1, 0.15) is 45.0 Å². The van der Waals surface area contributed by atoms with Gasteiger partial charge in [0.2, 0.25) is 5.91 Å². The lowest BCUT2D eigenvalue weighted by Gasteiger charge is -2.24. The summed E-state index contributed by atoms with van der Waals surface area (Å²) in [6.45, 7) is 9.10. The maximum absolute atomic E-state index is 12.7. The number of amides is 1. The summed E-state index contributed by atoms with van der Waals surface area (Å²) in [6.07, 6.45) is 1.71. The van der Waals surface area contributed by atoms with Crippen LogP contribution in [0.15, 0.2) is 40.6 Å². The van der Waals surface area contributed by atoms with Gasteiger partial charge in [0, 0.05) is 23.4 Å². The van der Waals surface area contributed by atoms with Crippen LogP contribution in [0.25, 0.3) is 4.96 Å². The number of nitrogens with zero attached hydrogens (tertiary/aromatic N) is 2. The van der Waals surface area contributed by atoms with Gasteiger partial charge in [0.05, 0.1) is 30.7 Å². The topological polar surface area (TPSA) is 81.9 Å². The average Bonchev–Trinajstić information content (AvgIpc) is 3.23. The molecule has 1 amide bonds. The van der Waals surface area contributed by atoms with Gasteiger partial charge in [-0.05, 0) is 37.5 Å². The Balaban J connectivity index is 1.63.